The molecule has 27 heavy (non-hydrogen) atoms. The first-order valence-corrected chi connectivity index (χ1v) is 10.1. The minimum Gasteiger partial charge on any atom is -0.369 e. The van der Waals surface area contributed by atoms with E-state index in [1.165, 1.54) is 5.69 Å². The highest BCUT2D eigenvalue weighted by molar-refractivity contribution is 6.42. The Morgan fingerprint density at radius 1 is 0.963 bits per heavy atom. The molecule has 2 aromatic carbocycles. The maximum atomic E-state index is 12.1. The van der Waals surface area contributed by atoms with Gasteiger partial charge in [0.25, 0.3) is 0 Å². The number of benzene rings is 2. The maximum absolute atomic E-state index is 12.1. The third-order valence-electron chi connectivity index (χ3n) is 4.82. The molecule has 2 aromatic rings. The number of para-hydroxylation sites is 1. The number of hydrogen-bond donors (Lipinski definition) is 1. The SMILES string of the molecule is O=C(Cc1ccc(Cl)c(Cl)c1)NCCCN1CCN(c2ccccc2)CC1. The minimum absolute atomic E-state index is 0.0160. The second-order valence-electron chi connectivity index (χ2n) is 6.79. The van der Waals surface area contributed by atoms with Crippen LogP contribution in [-0.2, 0) is 11.2 Å². The van der Waals surface area contributed by atoms with Gasteiger partial charge in [0.15, 0.2) is 0 Å². The van der Waals surface area contributed by atoms with Crippen LogP contribution in [0.1, 0.15) is 12.0 Å². The van der Waals surface area contributed by atoms with Crippen molar-refractivity contribution in [1.29, 1.82) is 0 Å². The first-order chi connectivity index (χ1) is 13.1. The van der Waals surface area contributed by atoms with Crippen molar-refractivity contribution in [3.05, 3.63) is 64.1 Å². The summed E-state index contributed by atoms with van der Waals surface area (Å²) in [7, 11) is 0. The van der Waals surface area contributed by atoms with Crippen molar-refractivity contribution in [3.8, 4) is 0 Å². The number of piperazine rings is 1. The highest BCUT2D eigenvalue weighted by atomic mass is 35.5. The largest absolute Gasteiger partial charge is 0.369 e. The molecule has 0 bridgehead atoms. The molecular formula is C21H25Cl2N3O. The molecule has 0 aliphatic carbocycles. The van der Waals surface area contributed by atoms with Crippen LogP contribution in [0.4, 0.5) is 5.69 Å². The zero-order valence-electron chi connectivity index (χ0n) is 15.3. The Labute approximate surface area is 171 Å². The van der Waals surface area contributed by atoms with Gasteiger partial charge >= 0.3 is 0 Å². The summed E-state index contributed by atoms with van der Waals surface area (Å²) >= 11 is 11.9. The molecule has 0 aromatic heterocycles. The predicted molar refractivity (Wildman–Crippen MR) is 113 cm³/mol. The van der Waals surface area contributed by atoms with Crippen LogP contribution in [0, 0.1) is 0 Å². The van der Waals surface area contributed by atoms with Crippen molar-refractivity contribution in [2.24, 2.45) is 0 Å². The van der Waals surface area contributed by atoms with Gasteiger partial charge < -0.3 is 10.2 Å². The number of amides is 1. The molecular weight excluding hydrogens is 381 g/mol. The van der Waals surface area contributed by atoms with E-state index in [4.69, 9.17) is 23.2 Å². The maximum Gasteiger partial charge on any atom is 0.224 e. The van der Waals surface area contributed by atoms with E-state index in [1.54, 1.807) is 12.1 Å². The van der Waals surface area contributed by atoms with E-state index in [0.717, 1.165) is 44.7 Å². The summed E-state index contributed by atoms with van der Waals surface area (Å²) in [5, 5.41) is 3.98. The summed E-state index contributed by atoms with van der Waals surface area (Å²) in [6.07, 6.45) is 1.28. The number of rotatable bonds is 7. The Bertz CT molecular complexity index is 746. The van der Waals surface area contributed by atoms with Gasteiger partial charge in [-0.15, -0.1) is 0 Å². The molecule has 1 aliphatic rings. The molecule has 3 rings (SSSR count). The first-order valence-electron chi connectivity index (χ1n) is 9.35. The minimum atomic E-state index is 0.0160. The average Bonchev–Trinajstić information content (AvgIpc) is 2.69. The van der Waals surface area contributed by atoms with Crippen molar-refractivity contribution >= 4 is 34.8 Å². The molecule has 0 unspecified atom stereocenters. The molecule has 144 valence electrons. The van der Waals surface area contributed by atoms with Gasteiger partial charge in [0.1, 0.15) is 0 Å². The van der Waals surface area contributed by atoms with E-state index in [2.05, 4.69) is 45.4 Å². The van der Waals surface area contributed by atoms with Gasteiger partial charge in [0, 0.05) is 38.4 Å². The number of carbonyl (C=O) groups is 1. The second kappa shape index (κ2) is 9.98. The van der Waals surface area contributed by atoms with E-state index < -0.39 is 0 Å². The van der Waals surface area contributed by atoms with Gasteiger partial charge in [-0.3, -0.25) is 9.69 Å². The molecule has 1 heterocycles. The Morgan fingerprint density at radius 2 is 1.70 bits per heavy atom. The highest BCUT2D eigenvalue weighted by Crippen LogP contribution is 2.22. The van der Waals surface area contributed by atoms with Crippen molar-refractivity contribution in [2.75, 3.05) is 44.2 Å². The van der Waals surface area contributed by atoms with Crippen molar-refractivity contribution in [1.82, 2.24) is 10.2 Å². The summed E-state index contributed by atoms with van der Waals surface area (Å²) < 4.78 is 0. The van der Waals surface area contributed by atoms with E-state index >= 15 is 0 Å². The van der Waals surface area contributed by atoms with Crippen molar-refractivity contribution < 1.29 is 4.79 Å². The highest BCUT2D eigenvalue weighted by Gasteiger charge is 2.16. The third-order valence-corrected chi connectivity index (χ3v) is 5.55. The predicted octanol–water partition coefficient (Wildman–Crippen LogP) is 3.86. The molecule has 0 atom stereocenters. The van der Waals surface area contributed by atoms with Crippen LogP contribution in [0.15, 0.2) is 48.5 Å². The van der Waals surface area contributed by atoms with E-state index in [-0.39, 0.29) is 5.91 Å². The standard InChI is InChI=1S/C21H25Cl2N3O/c22-19-8-7-17(15-20(19)23)16-21(27)24-9-4-10-25-11-13-26(14-12-25)18-5-2-1-3-6-18/h1-3,5-8,15H,4,9-14,16H2,(H,24,27). The molecule has 1 saturated heterocycles. The monoisotopic (exact) mass is 405 g/mol. The van der Waals surface area contributed by atoms with Crippen molar-refractivity contribution in [3.63, 3.8) is 0 Å². The molecule has 1 aliphatic heterocycles. The van der Waals surface area contributed by atoms with Crippen molar-refractivity contribution in [2.45, 2.75) is 12.8 Å². The quantitative estimate of drug-likeness (QED) is 0.710. The van der Waals surface area contributed by atoms with Crippen LogP contribution >= 0.6 is 23.2 Å². The molecule has 4 nitrogen and oxygen atoms in total. The van der Waals surface area contributed by atoms with E-state index in [0.29, 0.717) is 23.0 Å². The molecule has 1 N–H and O–H groups in total. The molecule has 0 spiro atoms. The van der Waals surface area contributed by atoms with Gasteiger partial charge in [-0.2, -0.15) is 0 Å². The third kappa shape index (κ3) is 6.13. The summed E-state index contributed by atoms with van der Waals surface area (Å²) in [5.41, 5.74) is 2.17. The normalized spacial score (nSPS) is 15.0. The molecule has 1 amide bonds. The van der Waals surface area contributed by atoms with Crippen LogP contribution in [-0.4, -0.2) is 50.1 Å². The zero-order valence-corrected chi connectivity index (χ0v) is 16.8. The summed E-state index contributed by atoms with van der Waals surface area (Å²) in [6.45, 7) is 5.92. The fraction of sp³-hybridized carbons (Fsp3) is 0.381. The van der Waals surface area contributed by atoms with Gasteiger partial charge in [0.2, 0.25) is 5.91 Å². The van der Waals surface area contributed by atoms with E-state index in [9.17, 15) is 4.79 Å². The van der Waals surface area contributed by atoms with Gasteiger partial charge in [-0.1, -0.05) is 47.5 Å². The molecule has 0 radical (unpaired) electrons. The van der Waals surface area contributed by atoms with Crippen LogP contribution in [0.5, 0.6) is 0 Å². The first kappa shape index (κ1) is 20.0. The average molecular weight is 406 g/mol. The van der Waals surface area contributed by atoms with Crippen LogP contribution in [0.2, 0.25) is 10.0 Å². The topological polar surface area (TPSA) is 35.6 Å². The lowest BCUT2D eigenvalue weighted by Gasteiger charge is -2.36. The van der Waals surface area contributed by atoms with E-state index in [1.807, 2.05) is 6.07 Å². The lowest BCUT2D eigenvalue weighted by atomic mass is 10.1. The number of halogens is 2. The molecule has 1 fully saturated rings. The molecule has 0 saturated carbocycles. The summed E-state index contributed by atoms with van der Waals surface area (Å²) in [5.74, 6) is 0.0160. The van der Waals surface area contributed by atoms with Crippen LogP contribution in [0.3, 0.4) is 0 Å². The fourth-order valence-electron chi connectivity index (χ4n) is 3.30. The number of nitrogens with zero attached hydrogens (tertiary/aromatic N) is 2. The number of hydrogen-bond acceptors (Lipinski definition) is 3. The van der Waals surface area contributed by atoms with Gasteiger partial charge in [-0.05, 0) is 42.8 Å². The Kier molecular flexibility index (Phi) is 7.39. The Balaban J connectivity index is 1.31. The fourth-order valence-corrected chi connectivity index (χ4v) is 3.62. The van der Waals surface area contributed by atoms with Gasteiger partial charge in [-0.25, -0.2) is 0 Å². The van der Waals surface area contributed by atoms with Crippen LogP contribution in [0.25, 0.3) is 0 Å². The summed E-state index contributed by atoms with van der Waals surface area (Å²) in [6, 6.07) is 15.9. The Hall–Kier alpha value is -1.75. The molecule has 6 heteroatoms. The van der Waals surface area contributed by atoms with Crippen LogP contribution < -0.4 is 10.2 Å². The lowest BCUT2D eigenvalue weighted by molar-refractivity contribution is -0.120. The smallest absolute Gasteiger partial charge is 0.224 e. The zero-order chi connectivity index (χ0) is 19.1. The number of nitrogens with one attached hydrogen (secondary N) is 1. The lowest BCUT2D eigenvalue weighted by Crippen LogP contribution is -2.47. The summed E-state index contributed by atoms with van der Waals surface area (Å²) in [4.78, 5) is 16.9. The Morgan fingerprint density at radius 3 is 2.41 bits per heavy atom. The number of anilines is 1. The number of carbonyl (C=O) groups excluding carboxylic acids is 1. The second-order valence-corrected chi connectivity index (χ2v) is 7.61. The van der Waals surface area contributed by atoms with Gasteiger partial charge in [0.05, 0.1) is 16.5 Å².